The molecule has 0 saturated carbocycles. The smallest absolute Gasteiger partial charge is 0.147 e. The molecule has 2 aromatic rings. The number of hydrogen-bond donors (Lipinski definition) is 1. The highest BCUT2D eigenvalue weighted by Gasteiger charge is 2.15. The molecule has 0 amide bonds. The fourth-order valence-electron chi connectivity index (χ4n) is 1.80. The molecule has 0 aromatic heterocycles. The fraction of sp³-hybridized carbons (Fsp3) is 0.143. The number of rotatable bonds is 3. The Kier molecular flexibility index (Phi) is 4.32. The van der Waals surface area contributed by atoms with E-state index in [2.05, 4.69) is 21.2 Å². The number of hydrogen-bond acceptors (Lipinski definition) is 1. The van der Waals surface area contributed by atoms with Crippen molar-refractivity contribution in [1.29, 1.82) is 0 Å². The lowest BCUT2D eigenvalue weighted by atomic mass is 10.1. The Bertz CT molecular complexity index is 645. The van der Waals surface area contributed by atoms with E-state index < -0.39 is 29.3 Å². The lowest BCUT2D eigenvalue weighted by Gasteiger charge is -2.17. The van der Waals surface area contributed by atoms with E-state index in [0.29, 0.717) is 0 Å². The maximum atomic E-state index is 13.7. The minimum absolute atomic E-state index is 0.00108. The summed E-state index contributed by atoms with van der Waals surface area (Å²) in [4.78, 5) is 0. The maximum Gasteiger partial charge on any atom is 0.147 e. The lowest BCUT2D eigenvalue weighted by Crippen LogP contribution is -2.10. The Balaban J connectivity index is 2.27. The van der Waals surface area contributed by atoms with Crippen LogP contribution in [0.1, 0.15) is 18.5 Å². The SMILES string of the molecule is CC(Nc1cc(F)c(Br)cc1F)c1ccc(F)cc1F. The Morgan fingerprint density at radius 3 is 2.30 bits per heavy atom. The molecule has 1 atom stereocenters. The van der Waals surface area contributed by atoms with Crippen molar-refractivity contribution in [3.05, 3.63) is 63.6 Å². The summed E-state index contributed by atoms with van der Waals surface area (Å²) in [7, 11) is 0. The highest BCUT2D eigenvalue weighted by atomic mass is 79.9. The van der Waals surface area contributed by atoms with Gasteiger partial charge in [-0.25, -0.2) is 17.6 Å². The highest BCUT2D eigenvalue weighted by molar-refractivity contribution is 9.10. The zero-order chi connectivity index (χ0) is 14.9. The first kappa shape index (κ1) is 14.8. The molecule has 0 fully saturated rings. The van der Waals surface area contributed by atoms with Crippen molar-refractivity contribution < 1.29 is 17.6 Å². The van der Waals surface area contributed by atoms with E-state index >= 15 is 0 Å². The van der Waals surface area contributed by atoms with E-state index in [0.717, 1.165) is 24.3 Å². The average molecular weight is 348 g/mol. The number of benzene rings is 2. The Labute approximate surface area is 121 Å². The number of anilines is 1. The van der Waals surface area contributed by atoms with Crippen LogP contribution in [0.2, 0.25) is 0 Å². The summed E-state index contributed by atoms with van der Waals surface area (Å²) < 4.78 is 53.4. The molecule has 2 rings (SSSR count). The number of nitrogens with one attached hydrogen (secondary N) is 1. The number of halogens is 5. The van der Waals surface area contributed by atoms with E-state index in [1.807, 2.05) is 0 Å². The molecular formula is C14H10BrF4N. The third-order valence-corrected chi connectivity index (χ3v) is 3.42. The second kappa shape index (κ2) is 5.83. The molecule has 20 heavy (non-hydrogen) atoms. The van der Waals surface area contributed by atoms with Gasteiger partial charge in [0, 0.05) is 17.7 Å². The largest absolute Gasteiger partial charge is 0.376 e. The van der Waals surface area contributed by atoms with Gasteiger partial charge in [0.2, 0.25) is 0 Å². The lowest BCUT2D eigenvalue weighted by molar-refractivity contribution is 0.564. The quantitative estimate of drug-likeness (QED) is 0.595. The minimum atomic E-state index is -0.747. The van der Waals surface area contributed by atoms with Crippen LogP contribution in [0.5, 0.6) is 0 Å². The van der Waals surface area contributed by atoms with Gasteiger partial charge in [0.25, 0.3) is 0 Å². The van der Waals surface area contributed by atoms with Crippen molar-refractivity contribution in [2.45, 2.75) is 13.0 Å². The molecule has 0 aliphatic carbocycles. The van der Waals surface area contributed by atoms with E-state index in [1.54, 1.807) is 6.92 Å². The van der Waals surface area contributed by atoms with Gasteiger partial charge in [0.15, 0.2) is 0 Å². The van der Waals surface area contributed by atoms with E-state index in [-0.39, 0.29) is 15.7 Å². The van der Waals surface area contributed by atoms with E-state index in [4.69, 9.17) is 0 Å². The summed E-state index contributed by atoms with van der Waals surface area (Å²) in [6.07, 6.45) is 0. The summed E-state index contributed by atoms with van der Waals surface area (Å²) >= 11 is 2.87. The van der Waals surface area contributed by atoms with Gasteiger partial charge < -0.3 is 5.32 Å². The molecule has 0 spiro atoms. The Morgan fingerprint density at radius 1 is 0.950 bits per heavy atom. The van der Waals surface area contributed by atoms with E-state index in [9.17, 15) is 17.6 Å². The van der Waals surface area contributed by atoms with Crippen LogP contribution in [0.3, 0.4) is 0 Å². The molecule has 0 heterocycles. The van der Waals surface area contributed by atoms with Gasteiger partial charge in [0.1, 0.15) is 23.3 Å². The summed E-state index contributed by atoms with van der Waals surface area (Å²) in [5.74, 6) is -2.75. The van der Waals surface area contributed by atoms with Crippen LogP contribution in [0.4, 0.5) is 23.2 Å². The fourth-order valence-corrected chi connectivity index (χ4v) is 2.11. The first-order chi connectivity index (χ1) is 9.38. The Morgan fingerprint density at radius 2 is 1.65 bits per heavy atom. The molecule has 0 aliphatic rings. The molecule has 6 heteroatoms. The van der Waals surface area contributed by atoms with Crippen LogP contribution >= 0.6 is 15.9 Å². The third-order valence-electron chi connectivity index (χ3n) is 2.81. The zero-order valence-corrected chi connectivity index (χ0v) is 11.9. The van der Waals surface area contributed by atoms with Gasteiger partial charge in [0.05, 0.1) is 16.2 Å². The van der Waals surface area contributed by atoms with Crippen molar-refractivity contribution >= 4 is 21.6 Å². The predicted molar refractivity (Wildman–Crippen MR) is 72.5 cm³/mol. The molecule has 1 unspecified atom stereocenters. The van der Waals surface area contributed by atoms with Crippen molar-refractivity contribution in [2.75, 3.05) is 5.32 Å². The average Bonchev–Trinajstić information content (AvgIpc) is 2.35. The van der Waals surface area contributed by atoms with Crippen LogP contribution in [0.25, 0.3) is 0 Å². The maximum absolute atomic E-state index is 13.7. The van der Waals surface area contributed by atoms with Gasteiger partial charge >= 0.3 is 0 Å². The highest BCUT2D eigenvalue weighted by Crippen LogP contribution is 2.27. The van der Waals surface area contributed by atoms with Crippen LogP contribution in [0, 0.1) is 23.3 Å². The van der Waals surface area contributed by atoms with Gasteiger partial charge in [-0.15, -0.1) is 0 Å². The van der Waals surface area contributed by atoms with Gasteiger partial charge in [-0.1, -0.05) is 6.07 Å². The first-order valence-corrected chi connectivity index (χ1v) is 6.54. The van der Waals surface area contributed by atoms with Crippen LogP contribution in [-0.2, 0) is 0 Å². The monoisotopic (exact) mass is 347 g/mol. The zero-order valence-electron chi connectivity index (χ0n) is 10.4. The molecular weight excluding hydrogens is 338 g/mol. The molecule has 2 aromatic carbocycles. The molecule has 0 aliphatic heterocycles. The first-order valence-electron chi connectivity index (χ1n) is 5.74. The van der Waals surface area contributed by atoms with Gasteiger partial charge in [-0.05, 0) is 35.0 Å². The van der Waals surface area contributed by atoms with Crippen LogP contribution in [0.15, 0.2) is 34.8 Å². The second-order valence-electron chi connectivity index (χ2n) is 4.28. The third kappa shape index (κ3) is 3.12. The predicted octanol–water partition coefficient (Wildman–Crippen LogP) is 5.18. The molecule has 1 N–H and O–H groups in total. The minimum Gasteiger partial charge on any atom is -0.376 e. The van der Waals surface area contributed by atoms with Crippen molar-refractivity contribution in [3.8, 4) is 0 Å². The summed E-state index contributed by atoms with van der Waals surface area (Å²) in [6.45, 7) is 1.57. The summed E-state index contributed by atoms with van der Waals surface area (Å²) in [5.41, 5.74) is 0.0658. The standard InChI is InChI=1S/C14H10BrF4N/c1-7(9-3-2-8(16)4-11(9)17)20-14-6-12(18)10(15)5-13(14)19/h2-7,20H,1H3. The van der Waals surface area contributed by atoms with Crippen LogP contribution in [-0.4, -0.2) is 0 Å². The second-order valence-corrected chi connectivity index (χ2v) is 5.13. The molecule has 106 valence electrons. The molecule has 1 nitrogen and oxygen atoms in total. The summed E-state index contributed by atoms with van der Waals surface area (Å²) in [5, 5.41) is 2.66. The normalized spacial score (nSPS) is 12.3. The van der Waals surface area contributed by atoms with Crippen molar-refractivity contribution in [3.63, 3.8) is 0 Å². The Hall–Kier alpha value is -1.56. The summed E-state index contributed by atoms with van der Waals surface area (Å²) in [6, 6.07) is 4.41. The topological polar surface area (TPSA) is 12.0 Å². The molecule has 0 saturated heterocycles. The van der Waals surface area contributed by atoms with Crippen molar-refractivity contribution in [2.24, 2.45) is 0 Å². The molecule has 0 radical (unpaired) electrons. The van der Waals surface area contributed by atoms with Crippen LogP contribution < -0.4 is 5.32 Å². The van der Waals surface area contributed by atoms with Gasteiger partial charge in [-0.2, -0.15) is 0 Å². The molecule has 0 bridgehead atoms. The van der Waals surface area contributed by atoms with Gasteiger partial charge in [-0.3, -0.25) is 0 Å². The van der Waals surface area contributed by atoms with E-state index in [1.165, 1.54) is 6.07 Å². The van der Waals surface area contributed by atoms with Crippen molar-refractivity contribution in [1.82, 2.24) is 0 Å².